The quantitative estimate of drug-likeness (QED) is 0.634. The molecule has 0 amide bonds. The van der Waals surface area contributed by atoms with Crippen LogP contribution in [0.25, 0.3) is 0 Å². The van der Waals surface area contributed by atoms with Gasteiger partial charge in [0.05, 0.1) is 7.11 Å². The summed E-state index contributed by atoms with van der Waals surface area (Å²) in [4.78, 5) is 11.5. The molecule has 0 spiro atoms. The average Bonchev–Trinajstić information content (AvgIpc) is 2.25. The van der Waals surface area contributed by atoms with Gasteiger partial charge in [0.15, 0.2) is 0 Å². The van der Waals surface area contributed by atoms with Crippen LogP contribution in [-0.2, 0) is 9.53 Å². The molecule has 2 aliphatic rings. The van der Waals surface area contributed by atoms with Crippen LogP contribution in [0, 0.1) is 11.3 Å². The summed E-state index contributed by atoms with van der Waals surface area (Å²) in [7, 11) is 1.45. The predicted octanol–water partition coefficient (Wildman–Crippen LogP) is 3.24. The fraction of sp³-hybridized carbons (Fsp3) is 0.643. The molecule has 0 heterocycles. The van der Waals surface area contributed by atoms with E-state index in [9.17, 15) is 4.79 Å². The minimum Gasteiger partial charge on any atom is -0.466 e. The number of esters is 1. The van der Waals surface area contributed by atoms with Crippen LogP contribution in [0.3, 0.4) is 0 Å². The molecular weight excluding hydrogens is 200 g/mol. The van der Waals surface area contributed by atoms with Gasteiger partial charge in [-0.3, -0.25) is 0 Å². The molecule has 2 nitrogen and oxygen atoms in total. The summed E-state index contributed by atoms with van der Waals surface area (Å²) in [6.45, 7) is 4.64. The van der Waals surface area contributed by atoms with Crippen LogP contribution in [0.5, 0.6) is 0 Å². The third-order valence-corrected chi connectivity index (χ3v) is 3.83. The van der Waals surface area contributed by atoms with Crippen molar-refractivity contribution >= 4 is 5.97 Å². The Bertz CT molecular complexity index is 361. The lowest BCUT2D eigenvalue weighted by Crippen LogP contribution is -2.27. The molecule has 0 N–H and O–H groups in total. The zero-order valence-electron chi connectivity index (χ0n) is 10.4. The van der Waals surface area contributed by atoms with Crippen molar-refractivity contribution in [2.24, 2.45) is 11.3 Å². The maximum Gasteiger partial charge on any atom is 0.333 e. The lowest BCUT2D eigenvalue weighted by atomic mass is 9.67. The van der Waals surface area contributed by atoms with E-state index in [1.165, 1.54) is 31.9 Å². The summed E-state index contributed by atoms with van der Waals surface area (Å²) < 4.78 is 4.78. The molecule has 0 saturated heterocycles. The van der Waals surface area contributed by atoms with E-state index in [1.54, 1.807) is 0 Å². The Morgan fingerprint density at radius 1 is 1.44 bits per heavy atom. The van der Waals surface area contributed by atoms with Crippen LogP contribution in [0.2, 0.25) is 0 Å². The number of hydrogen-bond donors (Lipinski definition) is 0. The summed E-state index contributed by atoms with van der Waals surface area (Å²) in [6.07, 6.45) is 8.57. The first kappa shape index (κ1) is 11.4. The second-order valence-corrected chi connectivity index (χ2v) is 5.69. The number of ether oxygens (including phenoxy) is 1. The summed E-state index contributed by atoms with van der Waals surface area (Å²) in [5, 5.41) is 0. The van der Waals surface area contributed by atoms with Gasteiger partial charge in [0.2, 0.25) is 0 Å². The highest BCUT2D eigenvalue weighted by Gasteiger charge is 2.33. The van der Waals surface area contributed by atoms with E-state index in [0.29, 0.717) is 11.3 Å². The number of hydrogen-bond acceptors (Lipinski definition) is 2. The topological polar surface area (TPSA) is 26.3 Å². The smallest absolute Gasteiger partial charge is 0.333 e. The lowest BCUT2D eigenvalue weighted by Gasteiger charge is -2.38. The van der Waals surface area contributed by atoms with Crippen molar-refractivity contribution < 1.29 is 9.53 Å². The van der Waals surface area contributed by atoms with Crippen LogP contribution in [0.1, 0.15) is 39.5 Å². The molecule has 1 atom stereocenters. The van der Waals surface area contributed by atoms with Crippen LogP contribution < -0.4 is 0 Å². The van der Waals surface area contributed by atoms with Gasteiger partial charge in [-0.1, -0.05) is 31.6 Å². The van der Waals surface area contributed by atoms with Gasteiger partial charge in [0, 0.05) is 5.57 Å². The molecule has 2 aliphatic carbocycles. The van der Waals surface area contributed by atoms with E-state index >= 15 is 0 Å². The van der Waals surface area contributed by atoms with Gasteiger partial charge in [-0.15, -0.1) is 0 Å². The molecule has 88 valence electrons. The molecule has 1 unspecified atom stereocenters. The third-order valence-electron chi connectivity index (χ3n) is 3.83. The molecule has 1 saturated carbocycles. The van der Waals surface area contributed by atoms with Crippen LogP contribution in [0.4, 0.5) is 0 Å². The van der Waals surface area contributed by atoms with Crippen LogP contribution in [0.15, 0.2) is 23.3 Å². The zero-order valence-corrected chi connectivity index (χ0v) is 10.4. The highest BCUT2D eigenvalue weighted by molar-refractivity contribution is 5.89. The molecule has 1 fully saturated rings. The molecule has 0 aromatic heterocycles. The van der Waals surface area contributed by atoms with E-state index in [2.05, 4.69) is 19.9 Å². The number of carbonyl (C=O) groups is 1. The number of methoxy groups -OCH3 is 1. The second kappa shape index (κ2) is 4.08. The molecule has 0 bridgehead atoms. The van der Waals surface area contributed by atoms with E-state index in [-0.39, 0.29) is 5.97 Å². The van der Waals surface area contributed by atoms with Crippen molar-refractivity contribution in [3.05, 3.63) is 23.3 Å². The van der Waals surface area contributed by atoms with Crippen LogP contribution >= 0.6 is 0 Å². The Balaban J connectivity index is 2.15. The Kier molecular flexibility index (Phi) is 2.92. The first-order valence-electron chi connectivity index (χ1n) is 6.00. The van der Waals surface area contributed by atoms with Crippen molar-refractivity contribution in [1.82, 2.24) is 0 Å². The standard InChI is InChI=1S/C14H20O2/c1-14(2)7-6-10-4-5-11(13(15)16-3)8-12(10)9-14/h4-5,12H,6-9H2,1-3H3. The van der Waals surface area contributed by atoms with Gasteiger partial charge in [-0.25, -0.2) is 4.79 Å². The molecule has 0 aromatic rings. The molecule has 0 aliphatic heterocycles. The van der Waals surface area contributed by atoms with E-state index in [0.717, 1.165) is 12.0 Å². The Morgan fingerprint density at radius 2 is 2.19 bits per heavy atom. The number of allylic oxidation sites excluding steroid dienone is 3. The lowest BCUT2D eigenvalue weighted by molar-refractivity contribution is -0.136. The van der Waals surface area contributed by atoms with Gasteiger partial charge in [-0.05, 0) is 37.0 Å². The summed E-state index contributed by atoms with van der Waals surface area (Å²) in [5.41, 5.74) is 2.77. The number of carbonyl (C=O) groups excluding carboxylic acids is 1. The second-order valence-electron chi connectivity index (χ2n) is 5.69. The van der Waals surface area contributed by atoms with Crippen molar-refractivity contribution in [2.45, 2.75) is 39.5 Å². The third kappa shape index (κ3) is 2.21. The highest BCUT2D eigenvalue weighted by atomic mass is 16.5. The van der Waals surface area contributed by atoms with Gasteiger partial charge < -0.3 is 4.74 Å². The monoisotopic (exact) mass is 220 g/mol. The zero-order chi connectivity index (χ0) is 11.8. The molecular formula is C14H20O2. The predicted molar refractivity (Wildman–Crippen MR) is 63.9 cm³/mol. The SMILES string of the molecule is COC(=O)C1=CC=C2CCC(C)(C)CC2C1. The fourth-order valence-electron chi connectivity index (χ4n) is 2.83. The van der Waals surface area contributed by atoms with Gasteiger partial charge >= 0.3 is 5.97 Å². The van der Waals surface area contributed by atoms with Crippen molar-refractivity contribution in [3.63, 3.8) is 0 Å². The normalized spacial score (nSPS) is 27.6. The minimum atomic E-state index is -0.168. The maximum atomic E-state index is 11.5. The molecule has 0 radical (unpaired) electrons. The van der Waals surface area contributed by atoms with Crippen molar-refractivity contribution in [3.8, 4) is 0 Å². The highest BCUT2D eigenvalue weighted by Crippen LogP contribution is 2.45. The van der Waals surface area contributed by atoms with E-state index in [1.807, 2.05) is 6.08 Å². The van der Waals surface area contributed by atoms with Gasteiger partial charge in [0.1, 0.15) is 0 Å². The Hall–Kier alpha value is -1.05. The molecule has 2 heteroatoms. The Labute approximate surface area is 97.4 Å². The van der Waals surface area contributed by atoms with E-state index < -0.39 is 0 Å². The van der Waals surface area contributed by atoms with Gasteiger partial charge in [-0.2, -0.15) is 0 Å². The first-order chi connectivity index (χ1) is 7.52. The molecule has 2 rings (SSSR count). The fourth-order valence-corrected chi connectivity index (χ4v) is 2.83. The summed E-state index contributed by atoms with van der Waals surface area (Å²) in [6, 6.07) is 0. The van der Waals surface area contributed by atoms with Crippen molar-refractivity contribution in [1.29, 1.82) is 0 Å². The summed E-state index contributed by atoms with van der Waals surface area (Å²) in [5.74, 6) is 0.390. The Morgan fingerprint density at radius 3 is 2.88 bits per heavy atom. The largest absolute Gasteiger partial charge is 0.466 e. The number of fused-ring (bicyclic) bond motifs is 1. The molecule has 0 aromatic carbocycles. The average molecular weight is 220 g/mol. The number of rotatable bonds is 1. The molecule has 16 heavy (non-hydrogen) atoms. The maximum absolute atomic E-state index is 11.5. The van der Waals surface area contributed by atoms with Crippen molar-refractivity contribution in [2.75, 3.05) is 7.11 Å². The van der Waals surface area contributed by atoms with Crippen LogP contribution in [-0.4, -0.2) is 13.1 Å². The van der Waals surface area contributed by atoms with Gasteiger partial charge in [0.25, 0.3) is 0 Å². The first-order valence-corrected chi connectivity index (χ1v) is 6.00. The summed E-state index contributed by atoms with van der Waals surface area (Å²) >= 11 is 0. The minimum absolute atomic E-state index is 0.168. The van der Waals surface area contributed by atoms with E-state index in [4.69, 9.17) is 4.74 Å².